The van der Waals surface area contributed by atoms with Crippen LogP contribution in [0.2, 0.25) is 0 Å². The molecule has 0 aliphatic heterocycles. The molecule has 0 heterocycles. The van der Waals surface area contributed by atoms with Gasteiger partial charge in [-0.3, -0.25) is 0 Å². The van der Waals surface area contributed by atoms with E-state index in [2.05, 4.69) is 21.6 Å². The van der Waals surface area contributed by atoms with E-state index < -0.39 is 0 Å². The van der Waals surface area contributed by atoms with E-state index in [0.29, 0.717) is 7.28 Å². The maximum absolute atomic E-state index is 8.44. The van der Waals surface area contributed by atoms with Crippen LogP contribution in [0.4, 0.5) is 0 Å². The summed E-state index contributed by atoms with van der Waals surface area (Å²) in [5.41, 5.74) is 0.717. The van der Waals surface area contributed by atoms with Gasteiger partial charge in [-0.2, -0.15) is 5.26 Å². The van der Waals surface area contributed by atoms with Crippen molar-refractivity contribution in [3.05, 3.63) is 29.8 Å². The van der Waals surface area contributed by atoms with Crippen molar-refractivity contribution in [1.82, 2.24) is 0 Å². The molecule has 1 aromatic rings. The second-order valence-corrected chi connectivity index (χ2v) is 3.74. The van der Waals surface area contributed by atoms with Gasteiger partial charge in [0.2, 0.25) is 0 Å². The summed E-state index contributed by atoms with van der Waals surface area (Å²) in [6, 6.07) is 9.61. The Bertz CT molecular complexity index is 249. The minimum atomic E-state index is 0.631. The second-order valence-electron chi connectivity index (χ2n) is 1.78. The van der Waals surface area contributed by atoms with Gasteiger partial charge in [0.15, 0.2) is 0 Å². The maximum Gasteiger partial charge on any atom is 0.0991 e. The van der Waals surface area contributed by atoms with Gasteiger partial charge in [0.05, 0.1) is 11.6 Å². The van der Waals surface area contributed by atoms with Crippen LogP contribution < -0.4 is 5.30 Å². The SMILES string of the molecule is N#Cc1ccc(PBr)cc1. The molecular formula is C7H5BrNP. The lowest BCUT2D eigenvalue weighted by atomic mass is 10.2. The second kappa shape index (κ2) is 3.71. The highest BCUT2D eigenvalue weighted by Crippen LogP contribution is 2.18. The number of nitriles is 1. The Morgan fingerprint density at radius 1 is 1.30 bits per heavy atom. The maximum atomic E-state index is 8.44. The van der Waals surface area contributed by atoms with Crippen LogP contribution in [0.15, 0.2) is 24.3 Å². The molecule has 1 atom stereocenters. The smallest absolute Gasteiger partial charge is 0.0991 e. The number of nitrogens with zero attached hydrogens (tertiary/aromatic N) is 1. The van der Waals surface area contributed by atoms with E-state index in [9.17, 15) is 0 Å². The van der Waals surface area contributed by atoms with Crippen LogP contribution in [-0.4, -0.2) is 0 Å². The fourth-order valence-corrected chi connectivity index (χ4v) is 1.69. The van der Waals surface area contributed by atoms with Gasteiger partial charge >= 0.3 is 0 Å². The molecule has 0 aliphatic carbocycles. The first kappa shape index (κ1) is 7.72. The lowest BCUT2D eigenvalue weighted by Gasteiger charge is -1.91. The van der Waals surface area contributed by atoms with Gasteiger partial charge in [0, 0.05) is 0 Å². The van der Waals surface area contributed by atoms with E-state index in [1.54, 1.807) is 0 Å². The van der Waals surface area contributed by atoms with Gasteiger partial charge in [-0.25, -0.2) is 0 Å². The number of hydrogen-bond donors (Lipinski definition) is 0. The Morgan fingerprint density at radius 2 is 1.90 bits per heavy atom. The average Bonchev–Trinajstić information content (AvgIpc) is 2.05. The van der Waals surface area contributed by atoms with Crippen molar-refractivity contribution in [2.75, 3.05) is 0 Å². The third kappa shape index (κ3) is 1.80. The molecule has 1 rings (SSSR count). The monoisotopic (exact) mass is 213 g/mol. The molecule has 0 aliphatic rings. The summed E-state index contributed by atoms with van der Waals surface area (Å²) in [4.78, 5) is 0. The zero-order valence-corrected chi connectivity index (χ0v) is 7.72. The van der Waals surface area contributed by atoms with Crippen molar-refractivity contribution < 1.29 is 0 Å². The third-order valence-electron chi connectivity index (χ3n) is 1.12. The van der Waals surface area contributed by atoms with Crippen LogP contribution in [0.25, 0.3) is 0 Å². The van der Waals surface area contributed by atoms with Crippen molar-refractivity contribution in [3.63, 3.8) is 0 Å². The molecule has 0 N–H and O–H groups in total. The molecule has 1 nitrogen and oxygen atoms in total. The topological polar surface area (TPSA) is 23.8 Å². The fraction of sp³-hybridized carbons (Fsp3) is 0. The van der Waals surface area contributed by atoms with Crippen molar-refractivity contribution >= 4 is 28.1 Å². The quantitative estimate of drug-likeness (QED) is 0.657. The van der Waals surface area contributed by atoms with E-state index in [0.717, 1.165) is 5.56 Å². The van der Waals surface area contributed by atoms with Crippen LogP contribution in [0.3, 0.4) is 0 Å². The summed E-state index contributed by atoms with van der Waals surface area (Å²) >= 11 is 3.35. The summed E-state index contributed by atoms with van der Waals surface area (Å²) in [5.74, 6) is 0. The van der Waals surface area contributed by atoms with Gasteiger partial charge in [0.1, 0.15) is 0 Å². The Labute approximate surface area is 69.6 Å². The molecule has 10 heavy (non-hydrogen) atoms. The van der Waals surface area contributed by atoms with Crippen LogP contribution in [0, 0.1) is 11.3 Å². The predicted molar refractivity (Wildman–Crippen MR) is 48.0 cm³/mol. The predicted octanol–water partition coefficient (Wildman–Crippen LogP) is 2.17. The van der Waals surface area contributed by atoms with E-state index in [4.69, 9.17) is 5.26 Å². The molecule has 3 heteroatoms. The number of hydrogen-bond acceptors (Lipinski definition) is 1. The molecule has 1 unspecified atom stereocenters. The van der Waals surface area contributed by atoms with Crippen molar-refractivity contribution in [1.29, 1.82) is 5.26 Å². The highest BCUT2D eigenvalue weighted by molar-refractivity contribution is 9.37. The summed E-state index contributed by atoms with van der Waals surface area (Å²) < 4.78 is 0. The van der Waals surface area contributed by atoms with E-state index >= 15 is 0 Å². The Balaban J connectivity index is 2.93. The zero-order valence-electron chi connectivity index (χ0n) is 5.13. The van der Waals surface area contributed by atoms with E-state index in [1.165, 1.54) is 5.30 Å². The van der Waals surface area contributed by atoms with Gasteiger partial charge < -0.3 is 0 Å². The highest BCUT2D eigenvalue weighted by Gasteiger charge is 1.89. The molecule has 0 spiro atoms. The molecule has 0 aromatic heterocycles. The van der Waals surface area contributed by atoms with E-state index in [-0.39, 0.29) is 0 Å². The first-order chi connectivity index (χ1) is 4.86. The molecule has 0 radical (unpaired) electrons. The molecule has 0 saturated carbocycles. The summed E-state index contributed by atoms with van der Waals surface area (Å²) in [6.45, 7) is 0. The Hall–Kier alpha value is -0.380. The lowest BCUT2D eigenvalue weighted by molar-refractivity contribution is 1.49. The molecule has 0 bridgehead atoms. The summed E-state index contributed by atoms with van der Waals surface area (Å²) in [7, 11) is 0.631. The van der Waals surface area contributed by atoms with Crippen LogP contribution >= 0.6 is 22.8 Å². The fourth-order valence-electron chi connectivity index (χ4n) is 0.608. The Kier molecular flexibility index (Phi) is 2.86. The lowest BCUT2D eigenvalue weighted by Crippen LogP contribution is -1.88. The molecule has 0 amide bonds. The summed E-state index contributed by atoms with van der Waals surface area (Å²) in [6.07, 6.45) is 0. The largest absolute Gasteiger partial charge is 0.192 e. The molecular weight excluding hydrogens is 209 g/mol. The van der Waals surface area contributed by atoms with Crippen molar-refractivity contribution in [2.24, 2.45) is 0 Å². The minimum Gasteiger partial charge on any atom is -0.192 e. The first-order valence-corrected chi connectivity index (χ1v) is 5.99. The van der Waals surface area contributed by atoms with Gasteiger partial charge in [-0.15, -0.1) is 0 Å². The van der Waals surface area contributed by atoms with Crippen LogP contribution in [0.5, 0.6) is 0 Å². The van der Waals surface area contributed by atoms with Gasteiger partial charge in [-0.1, -0.05) is 27.6 Å². The van der Waals surface area contributed by atoms with Crippen molar-refractivity contribution in [3.8, 4) is 6.07 Å². The average molecular weight is 214 g/mol. The number of halogens is 1. The first-order valence-electron chi connectivity index (χ1n) is 2.73. The summed E-state index contributed by atoms with van der Waals surface area (Å²) in [5, 5.41) is 9.66. The molecule has 50 valence electrons. The number of benzene rings is 1. The van der Waals surface area contributed by atoms with Crippen LogP contribution in [-0.2, 0) is 0 Å². The standard InChI is InChI=1S/C7H5BrNP/c8-10-7-3-1-6(5-9)2-4-7/h1-4,10H. The molecule has 0 saturated heterocycles. The third-order valence-corrected chi connectivity index (χ3v) is 3.05. The Morgan fingerprint density at radius 3 is 2.30 bits per heavy atom. The molecule has 1 aromatic carbocycles. The minimum absolute atomic E-state index is 0.631. The van der Waals surface area contributed by atoms with Crippen molar-refractivity contribution in [2.45, 2.75) is 0 Å². The van der Waals surface area contributed by atoms with E-state index in [1.807, 2.05) is 24.3 Å². The normalized spacial score (nSPS) is 10.0. The highest BCUT2D eigenvalue weighted by atomic mass is 79.9. The molecule has 0 fully saturated rings. The zero-order chi connectivity index (χ0) is 7.40. The van der Waals surface area contributed by atoms with Gasteiger partial charge in [-0.05, 0) is 24.7 Å². The van der Waals surface area contributed by atoms with Crippen LogP contribution in [0.1, 0.15) is 5.56 Å². The van der Waals surface area contributed by atoms with Gasteiger partial charge in [0.25, 0.3) is 0 Å². The number of rotatable bonds is 1.